The third-order valence-corrected chi connectivity index (χ3v) is 2.68. The van der Waals surface area contributed by atoms with Crippen LogP contribution >= 0.6 is 11.6 Å². The number of aromatic amines is 1. The fourth-order valence-corrected chi connectivity index (χ4v) is 1.67. The van der Waals surface area contributed by atoms with Crippen molar-refractivity contribution in [1.29, 1.82) is 0 Å². The number of hydrogen-bond donors (Lipinski definition) is 2. The molecule has 1 aromatic heterocycles. The molecule has 8 heteroatoms. The Kier molecular flexibility index (Phi) is 4.24. The number of phenolic OH excluding ortho intramolecular Hbond substituents is 1. The number of nitrogens with one attached hydrogen (secondary N) is 1. The van der Waals surface area contributed by atoms with Crippen LogP contribution in [0.1, 0.15) is 0 Å². The van der Waals surface area contributed by atoms with E-state index in [1.165, 1.54) is 24.3 Å². The van der Waals surface area contributed by atoms with E-state index < -0.39 is 10.7 Å². The van der Waals surface area contributed by atoms with Gasteiger partial charge in [-0.3, -0.25) is 15.1 Å². The van der Waals surface area contributed by atoms with E-state index in [1.807, 2.05) is 0 Å². The number of phenols is 1. The van der Waals surface area contributed by atoms with Crippen LogP contribution in [0.5, 0.6) is 5.75 Å². The van der Waals surface area contributed by atoms with Gasteiger partial charge in [-0.15, -0.1) is 0 Å². The maximum atomic E-state index is 10.6. The van der Waals surface area contributed by atoms with Crippen molar-refractivity contribution < 1.29 is 14.4 Å². The normalized spacial score (nSPS) is 9.95. The molecule has 0 spiro atoms. The average molecular weight is 309 g/mol. The number of H-pyrrole nitrogens is 1. The summed E-state index contributed by atoms with van der Waals surface area (Å²) in [6, 6.07) is 10.00. The summed E-state index contributed by atoms with van der Waals surface area (Å²) in [7, 11) is 0. The first-order chi connectivity index (χ1) is 9.95. The SMILES string of the molecule is O=[N+]([O-])c1ccc(O)cc1.O=c1[nH]c2cc(Cl)ccc2o1. The van der Waals surface area contributed by atoms with E-state index in [4.69, 9.17) is 21.1 Å². The maximum Gasteiger partial charge on any atom is 0.417 e. The van der Waals surface area contributed by atoms with E-state index in [1.54, 1.807) is 18.2 Å². The van der Waals surface area contributed by atoms with Gasteiger partial charge in [0.25, 0.3) is 5.69 Å². The van der Waals surface area contributed by atoms with Gasteiger partial charge in [0.1, 0.15) is 5.75 Å². The third-order valence-electron chi connectivity index (χ3n) is 2.44. The van der Waals surface area contributed by atoms with Crippen LogP contribution in [0.2, 0.25) is 5.02 Å². The van der Waals surface area contributed by atoms with Gasteiger partial charge in [0.15, 0.2) is 5.58 Å². The highest BCUT2D eigenvalue weighted by Crippen LogP contribution is 2.16. The number of rotatable bonds is 1. The summed E-state index contributed by atoms with van der Waals surface area (Å²) in [5, 5.41) is 19.3. The molecule has 0 aliphatic heterocycles. The first-order valence-corrected chi connectivity index (χ1v) is 6.05. The van der Waals surface area contributed by atoms with Gasteiger partial charge in [-0.05, 0) is 30.3 Å². The number of oxazole rings is 1. The number of hydrogen-bond acceptors (Lipinski definition) is 5. The number of nitro groups is 1. The molecule has 0 atom stereocenters. The van der Waals surface area contributed by atoms with Crippen molar-refractivity contribution in [3.8, 4) is 5.75 Å². The minimum absolute atomic E-state index is 0.0159. The fourth-order valence-electron chi connectivity index (χ4n) is 1.50. The molecule has 108 valence electrons. The summed E-state index contributed by atoms with van der Waals surface area (Å²) < 4.78 is 4.75. The number of aromatic hydroxyl groups is 1. The van der Waals surface area contributed by atoms with Gasteiger partial charge in [-0.1, -0.05) is 11.6 Å². The fraction of sp³-hybridized carbons (Fsp3) is 0. The van der Waals surface area contributed by atoms with Crippen molar-refractivity contribution in [1.82, 2.24) is 4.98 Å². The van der Waals surface area contributed by atoms with Crippen LogP contribution < -0.4 is 5.76 Å². The molecule has 1 heterocycles. The van der Waals surface area contributed by atoms with E-state index in [2.05, 4.69) is 4.98 Å². The molecule has 0 saturated carbocycles. The summed E-state index contributed by atoms with van der Waals surface area (Å²) in [6.07, 6.45) is 0. The lowest BCUT2D eigenvalue weighted by molar-refractivity contribution is -0.384. The molecule has 0 saturated heterocycles. The molecular weight excluding hydrogens is 300 g/mol. The number of halogens is 1. The second-order valence-corrected chi connectivity index (χ2v) is 4.36. The Morgan fingerprint density at radius 1 is 1.19 bits per heavy atom. The predicted molar refractivity (Wildman–Crippen MR) is 76.6 cm³/mol. The maximum absolute atomic E-state index is 10.6. The third kappa shape index (κ3) is 3.83. The van der Waals surface area contributed by atoms with Gasteiger partial charge in [-0.25, -0.2) is 4.79 Å². The lowest BCUT2D eigenvalue weighted by Crippen LogP contribution is -1.92. The molecular formula is C13H9ClN2O5. The molecule has 3 rings (SSSR count). The minimum atomic E-state index is -0.514. The number of aromatic nitrogens is 1. The summed E-state index contributed by atoms with van der Waals surface area (Å²) in [4.78, 5) is 22.6. The number of non-ortho nitro benzene ring substituents is 1. The number of benzene rings is 2. The number of nitro benzene ring substituents is 1. The summed E-state index contributed by atoms with van der Waals surface area (Å²) in [5.41, 5.74) is 1.14. The average Bonchev–Trinajstić information content (AvgIpc) is 2.79. The molecule has 0 aliphatic carbocycles. The van der Waals surface area contributed by atoms with Crippen LogP contribution in [-0.4, -0.2) is 15.0 Å². The Balaban J connectivity index is 0.000000155. The standard InChI is InChI=1S/C7H4ClNO2.C6H5NO3/c8-4-1-2-6-5(3-4)9-7(10)11-6;8-6-3-1-5(2-4-6)7(9)10/h1-3H,(H,9,10);1-4,8H. The zero-order chi connectivity index (χ0) is 15.4. The van der Waals surface area contributed by atoms with Crippen molar-refractivity contribution >= 4 is 28.4 Å². The van der Waals surface area contributed by atoms with E-state index in [0.717, 1.165) is 0 Å². The van der Waals surface area contributed by atoms with Gasteiger partial charge in [0.2, 0.25) is 0 Å². The van der Waals surface area contributed by atoms with Crippen LogP contribution in [0.15, 0.2) is 51.7 Å². The molecule has 21 heavy (non-hydrogen) atoms. The quantitative estimate of drug-likeness (QED) is 0.530. The zero-order valence-electron chi connectivity index (χ0n) is 10.4. The lowest BCUT2D eigenvalue weighted by Gasteiger charge is -1.89. The van der Waals surface area contributed by atoms with Crippen LogP contribution in [-0.2, 0) is 0 Å². The molecule has 2 aromatic carbocycles. The Bertz CT molecular complexity index is 822. The van der Waals surface area contributed by atoms with E-state index >= 15 is 0 Å². The first kappa shape index (κ1) is 14.6. The highest BCUT2D eigenvalue weighted by molar-refractivity contribution is 6.31. The minimum Gasteiger partial charge on any atom is -0.508 e. The van der Waals surface area contributed by atoms with Gasteiger partial charge >= 0.3 is 5.76 Å². The van der Waals surface area contributed by atoms with Gasteiger partial charge in [-0.2, -0.15) is 0 Å². The zero-order valence-corrected chi connectivity index (χ0v) is 11.2. The van der Waals surface area contributed by atoms with Crippen LogP contribution in [0.25, 0.3) is 11.1 Å². The van der Waals surface area contributed by atoms with Crippen molar-refractivity contribution in [2.24, 2.45) is 0 Å². The predicted octanol–water partition coefficient (Wildman–Crippen LogP) is 3.07. The molecule has 7 nitrogen and oxygen atoms in total. The van der Waals surface area contributed by atoms with Crippen molar-refractivity contribution in [3.05, 3.63) is 68.2 Å². The summed E-state index contributed by atoms with van der Waals surface area (Å²) in [5.74, 6) is -0.423. The Labute approximate surface area is 122 Å². The summed E-state index contributed by atoms with van der Waals surface area (Å²) >= 11 is 5.66. The second-order valence-electron chi connectivity index (χ2n) is 3.93. The molecule has 0 bridgehead atoms. The van der Waals surface area contributed by atoms with E-state index in [9.17, 15) is 14.9 Å². The highest BCUT2D eigenvalue weighted by Gasteiger charge is 2.01. The van der Waals surface area contributed by atoms with E-state index in [-0.39, 0.29) is 11.4 Å². The molecule has 0 unspecified atom stereocenters. The van der Waals surface area contributed by atoms with Gasteiger partial charge in [0.05, 0.1) is 10.4 Å². The Morgan fingerprint density at radius 3 is 2.48 bits per heavy atom. The number of nitrogens with zero attached hydrogens (tertiary/aromatic N) is 1. The largest absolute Gasteiger partial charge is 0.508 e. The topological polar surface area (TPSA) is 109 Å². The summed E-state index contributed by atoms with van der Waals surface area (Å²) in [6.45, 7) is 0. The number of fused-ring (bicyclic) bond motifs is 1. The monoisotopic (exact) mass is 308 g/mol. The van der Waals surface area contributed by atoms with Crippen LogP contribution in [0, 0.1) is 10.1 Å². The van der Waals surface area contributed by atoms with Crippen molar-refractivity contribution in [2.45, 2.75) is 0 Å². The molecule has 0 fully saturated rings. The smallest absolute Gasteiger partial charge is 0.417 e. The van der Waals surface area contributed by atoms with E-state index in [0.29, 0.717) is 16.1 Å². The van der Waals surface area contributed by atoms with Crippen molar-refractivity contribution in [3.63, 3.8) is 0 Å². The molecule has 0 radical (unpaired) electrons. The van der Waals surface area contributed by atoms with Gasteiger partial charge in [0, 0.05) is 17.2 Å². The molecule has 0 amide bonds. The first-order valence-electron chi connectivity index (χ1n) is 5.67. The highest BCUT2D eigenvalue weighted by atomic mass is 35.5. The molecule has 0 aliphatic rings. The second kappa shape index (κ2) is 6.10. The van der Waals surface area contributed by atoms with Gasteiger partial charge < -0.3 is 9.52 Å². The molecule has 3 aromatic rings. The lowest BCUT2D eigenvalue weighted by atomic mass is 10.3. The van der Waals surface area contributed by atoms with Crippen LogP contribution in [0.3, 0.4) is 0 Å². The van der Waals surface area contributed by atoms with Crippen molar-refractivity contribution in [2.75, 3.05) is 0 Å². The Morgan fingerprint density at radius 2 is 1.86 bits per heavy atom. The van der Waals surface area contributed by atoms with Crippen LogP contribution in [0.4, 0.5) is 5.69 Å². The molecule has 2 N–H and O–H groups in total. The Hall–Kier alpha value is -2.80.